The standard InChI is InChI=1S/2C30H32N8O2.C30H34N8O2/c2*1-16(2)38-17(3)22(15-32-38)25-34-24-21(10-13-31-26(24)35-25)19-8-9-20-18(14-19)6-5-7-23(20)33-27(39)28-36-29(37-40-28)30(4)11-12-30;1-16(2)38-17(3)22(15-32-38)25-34-24-21(12-13-31-26(24)35-25)19-10-11-20-18(14-19)8-7-9-23(20)33-28(39)27-36-29(40-37-27)30(4,5)6/h2*8-10,13-16,23H,5-7,11-12H2,1-4H3,(H,33,39)(H,31,34,35);10-16,23H,7-9H2,1-6H3,(H,33,39)(H,31,34,35)/t3*23-/m100/s1. The highest BCUT2D eigenvalue weighted by atomic mass is 16.5. The molecule has 5 aliphatic rings. The molecule has 3 aromatic carbocycles. The van der Waals surface area contributed by atoms with Gasteiger partial charge in [0.2, 0.25) is 5.89 Å². The minimum Gasteiger partial charge on any atom is -0.342 e. The van der Waals surface area contributed by atoms with E-state index in [0.717, 1.165) is 201 Å². The fourth-order valence-corrected chi connectivity index (χ4v) is 17.0. The Balaban J connectivity index is 0.000000123. The lowest BCUT2D eigenvalue weighted by atomic mass is 9.85. The molecule has 0 spiro atoms. The number of rotatable bonds is 17. The second-order valence-corrected chi connectivity index (χ2v) is 35.1. The number of H-pyrrole nitrogens is 3. The quantitative estimate of drug-likeness (QED) is 0.0493. The van der Waals surface area contributed by atoms with Gasteiger partial charge < -0.3 is 44.5 Å². The summed E-state index contributed by atoms with van der Waals surface area (Å²) in [7, 11) is 0. The minimum atomic E-state index is -0.321. The van der Waals surface area contributed by atoms with Crippen molar-refractivity contribution in [1.29, 1.82) is 0 Å². The van der Waals surface area contributed by atoms with Crippen LogP contribution in [0.3, 0.4) is 0 Å². The fourth-order valence-electron chi connectivity index (χ4n) is 17.0. The molecule has 0 radical (unpaired) electrons. The number of amides is 3. The van der Waals surface area contributed by atoms with Crippen LogP contribution in [-0.4, -0.2) is 122 Å². The average molecular weight is 1610 g/mol. The normalized spacial score (nSPS) is 17.0. The van der Waals surface area contributed by atoms with E-state index in [-0.39, 0.29) is 87.8 Å². The molecule has 30 nitrogen and oxygen atoms in total. The van der Waals surface area contributed by atoms with Gasteiger partial charge in [0, 0.05) is 86.7 Å². The van der Waals surface area contributed by atoms with Crippen molar-refractivity contribution in [3.8, 4) is 67.5 Å². The highest BCUT2D eigenvalue weighted by Crippen LogP contribution is 2.48. The summed E-state index contributed by atoms with van der Waals surface area (Å²) in [5.41, 5.74) is 23.8. The van der Waals surface area contributed by atoms with Crippen LogP contribution in [0.1, 0.15) is 277 Å². The number of nitrogens with zero attached hydrogens (tertiary/aromatic N) is 18. The summed E-state index contributed by atoms with van der Waals surface area (Å²) in [4.78, 5) is 90.5. The molecular formula is C90H98N24O6. The number of benzene rings is 3. The van der Waals surface area contributed by atoms with Gasteiger partial charge in [-0.25, -0.2) is 29.9 Å². The van der Waals surface area contributed by atoms with Crippen LogP contribution in [0.4, 0.5) is 0 Å². The molecule has 0 saturated heterocycles. The maximum absolute atomic E-state index is 13.0. The number of carbonyl (C=O) groups is 3. The minimum absolute atomic E-state index is 0.0373. The second-order valence-electron chi connectivity index (χ2n) is 35.1. The molecule has 15 aromatic rings. The molecule has 0 aliphatic heterocycles. The van der Waals surface area contributed by atoms with Gasteiger partial charge in [0.1, 0.15) is 17.5 Å². The Kier molecular flexibility index (Phi) is 20.0. The maximum Gasteiger partial charge on any atom is 0.315 e. The molecule has 20 rings (SSSR count). The number of carbonyl (C=O) groups excluding carboxylic acids is 3. The van der Waals surface area contributed by atoms with Crippen molar-refractivity contribution in [3.63, 3.8) is 0 Å². The van der Waals surface area contributed by atoms with Crippen LogP contribution < -0.4 is 16.0 Å². The van der Waals surface area contributed by atoms with Gasteiger partial charge in [0.05, 0.1) is 70.0 Å². The average Bonchev–Trinajstić information content (AvgIpc) is 1.58. The summed E-state index contributed by atoms with van der Waals surface area (Å²) in [6.07, 6.45) is 23.5. The van der Waals surface area contributed by atoms with Crippen LogP contribution in [0.2, 0.25) is 0 Å². The third kappa shape index (κ3) is 14.9. The van der Waals surface area contributed by atoms with E-state index >= 15 is 0 Å². The number of aromatic nitrogens is 21. The smallest absolute Gasteiger partial charge is 0.315 e. The third-order valence-corrected chi connectivity index (χ3v) is 24.4. The number of pyridine rings is 3. The van der Waals surface area contributed by atoms with Gasteiger partial charge in [-0.3, -0.25) is 28.4 Å². The predicted octanol–water partition coefficient (Wildman–Crippen LogP) is 17.1. The van der Waals surface area contributed by atoms with Gasteiger partial charge >= 0.3 is 23.6 Å². The number of nitrogens with one attached hydrogen (secondary N) is 6. The van der Waals surface area contributed by atoms with Crippen LogP contribution in [0.15, 0.2) is 124 Å². The second kappa shape index (κ2) is 30.7. The van der Waals surface area contributed by atoms with Crippen molar-refractivity contribution in [2.24, 2.45) is 0 Å². The highest BCUT2D eigenvalue weighted by Gasteiger charge is 2.45. The molecule has 6 N–H and O–H groups in total. The Morgan fingerprint density at radius 2 is 0.783 bits per heavy atom. The van der Waals surface area contributed by atoms with Gasteiger partial charge in [-0.05, 0) is 214 Å². The molecule has 5 aliphatic carbocycles. The first-order valence-electron chi connectivity index (χ1n) is 41.7. The van der Waals surface area contributed by atoms with Crippen molar-refractivity contribution in [2.45, 2.75) is 233 Å². The highest BCUT2D eigenvalue weighted by molar-refractivity contribution is 5.96. The molecule has 12 heterocycles. The van der Waals surface area contributed by atoms with E-state index in [1.807, 2.05) is 71.6 Å². The first-order chi connectivity index (χ1) is 57.7. The topological polar surface area (TPSA) is 382 Å². The SMILES string of the molecule is Cc1c(-c2nc3nccc(-c4ccc5c(c4)CCC[C@@H]5NC(=O)c4nc(C5(C)CC5)no4)c3[nH]2)cnn1C(C)C.Cc1c(-c2nc3nccc(-c4ccc5c(c4)CCC[C@@H]5NC(=O)c4noc(C(C)(C)C)n4)c3[nH]2)cnn1C(C)C.Cc1c(-c2nc3nccc(-c4ccc5c(c4)CCC[C@H]5NC(=O)c4nc(C5(C)CC5)no4)c3[nH]2)cnn1C(C)C. The van der Waals surface area contributed by atoms with Crippen LogP contribution in [-0.2, 0) is 35.5 Å². The summed E-state index contributed by atoms with van der Waals surface area (Å²) < 4.78 is 21.9. The lowest BCUT2D eigenvalue weighted by Crippen LogP contribution is -2.31. The van der Waals surface area contributed by atoms with Crippen molar-refractivity contribution >= 4 is 51.2 Å². The molecule has 120 heavy (non-hydrogen) atoms. The molecule has 12 aromatic heterocycles. The Hall–Kier alpha value is -13.0. The fraction of sp³-hybridized carbons (Fsp3) is 0.400. The lowest BCUT2D eigenvalue weighted by molar-refractivity contribution is 0.0881. The van der Waals surface area contributed by atoms with Gasteiger partial charge in [0.25, 0.3) is 11.7 Å². The zero-order valence-corrected chi connectivity index (χ0v) is 70.0. The molecule has 0 unspecified atom stereocenters. The van der Waals surface area contributed by atoms with Gasteiger partial charge in [0.15, 0.2) is 28.6 Å². The molecule has 614 valence electrons. The first-order valence-corrected chi connectivity index (χ1v) is 41.7. The zero-order chi connectivity index (χ0) is 83.4. The van der Waals surface area contributed by atoms with E-state index < -0.39 is 0 Å². The van der Waals surface area contributed by atoms with Gasteiger partial charge in [-0.2, -0.15) is 30.2 Å². The number of fused-ring (bicyclic) bond motifs is 6. The first kappa shape index (κ1) is 78.2. The number of hydrogen-bond acceptors (Lipinski definition) is 21. The van der Waals surface area contributed by atoms with E-state index in [0.29, 0.717) is 34.5 Å². The molecule has 30 heteroatoms. The van der Waals surface area contributed by atoms with E-state index in [1.54, 1.807) is 18.6 Å². The third-order valence-electron chi connectivity index (χ3n) is 24.4. The summed E-state index contributed by atoms with van der Waals surface area (Å²) in [5.74, 6) is 3.17. The molecule has 2 saturated carbocycles. The molecule has 3 amide bonds. The summed E-state index contributed by atoms with van der Waals surface area (Å²) >= 11 is 0. The number of aromatic amines is 3. The van der Waals surface area contributed by atoms with E-state index in [1.165, 1.54) is 16.7 Å². The Morgan fingerprint density at radius 3 is 1.09 bits per heavy atom. The summed E-state index contributed by atoms with van der Waals surface area (Å²) in [6.45, 7) is 29.0. The monoisotopic (exact) mass is 1610 g/mol. The van der Waals surface area contributed by atoms with Crippen LogP contribution in [0.5, 0.6) is 0 Å². The van der Waals surface area contributed by atoms with Crippen molar-refractivity contribution in [1.82, 2.24) is 121 Å². The molecule has 2 fully saturated rings. The molecular weight excluding hydrogens is 1510 g/mol. The van der Waals surface area contributed by atoms with E-state index in [9.17, 15) is 14.4 Å². The largest absolute Gasteiger partial charge is 0.342 e. The number of hydrogen-bond donors (Lipinski definition) is 6. The number of imidazole rings is 3. The Bertz CT molecular complexity index is 5860. The number of aryl methyl sites for hydroxylation is 3. The predicted molar refractivity (Wildman–Crippen MR) is 451 cm³/mol. The van der Waals surface area contributed by atoms with E-state index in [2.05, 4.69) is 222 Å². The Morgan fingerprint density at radius 1 is 0.442 bits per heavy atom. The summed E-state index contributed by atoms with van der Waals surface area (Å²) in [5, 5.41) is 35.0. The van der Waals surface area contributed by atoms with Gasteiger partial charge in [-0.1, -0.05) is 105 Å². The Labute approximate surface area is 692 Å². The van der Waals surface area contributed by atoms with Gasteiger partial charge in [-0.15, -0.1) is 0 Å². The van der Waals surface area contributed by atoms with Crippen molar-refractivity contribution in [3.05, 3.63) is 196 Å². The van der Waals surface area contributed by atoms with Crippen molar-refractivity contribution < 1.29 is 28.0 Å². The maximum atomic E-state index is 13.0. The lowest BCUT2D eigenvalue weighted by Gasteiger charge is -2.26. The van der Waals surface area contributed by atoms with Crippen molar-refractivity contribution in [2.75, 3.05) is 0 Å². The molecule has 3 atom stereocenters. The van der Waals surface area contributed by atoms with Crippen LogP contribution in [0, 0.1) is 20.8 Å². The van der Waals surface area contributed by atoms with Crippen LogP contribution >= 0.6 is 0 Å². The van der Waals surface area contributed by atoms with Crippen LogP contribution in [0.25, 0.3) is 101 Å². The molecule has 0 bridgehead atoms. The van der Waals surface area contributed by atoms with E-state index in [4.69, 9.17) is 28.5 Å². The summed E-state index contributed by atoms with van der Waals surface area (Å²) in [6, 6.07) is 25.9. The zero-order valence-electron chi connectivity index (χ0n) is 70.0.